The van der Waals surface area contributed by atoms with Crippen LogP contribution in [0.2, 0.25) is 5.02 Å². The number of aryl methyl sites for hydroxylation is 1. The van der Waals surface area contributed by atoms with Gasteiger partial charge in [-0.15, -0.1) is 0 Å². The molecule has 0 N–H and O–H groups in total. The normalized spacial score (nSPS) is 10.4. The Balaban J connectivity index is 2.48. The van der Waals surface area contributed by atoms with Crippen LogP contribution in [0.15, 0.2) is 40.9 Å². The zero-order valence-electron chi connectivity index (χ0n) is 9.51. The fourth-order valence-electron chi connectivity index (χ4n) is 1.70. The number of hydrogen-bond donors (Lipinski definition) is 0. The molecule has 0 saturated heterocycles. The average Bonchev–Trinajstić information content (AvgIpc) is 2.28. The van der Waals surface area contributed by atoms with Gasteiger partial charge in [-0.2, -0.15) is 0 Å². The van der Waals surface area contributed by atoms with Crippen molar-refractivity contribution in [3.8, 4) is 0 Å². The van der Waals surface area contributed by atoms with Crippen LogP contribution in [0.25, 0.3) is 0 Å². The maximum atomic E-state index is 13.7. The molecular weight excluding hydrogens is 319 g/mol. The Labute approximate surface area is 118 Å². The minimum atomic E-state index is -0.602. The molecule has 0 fully saturated rings. The molecule has 0 spiro atoms. The van der Waals surface area contributed by atoms with E-state index in [9.17, 15) is 9.18 Å². The van der Waals surface area contributed by atoms with Crippen molar-refractivity contribution in [2.75, 3.05) is 0 Å². The quantitative estimate of drug-likeness (QED) is 0.725. The predicted molar refractivity (Wildman–Crippen MR) is 73.7 cm³/mol. The van der Waals surface area contributed by atoms with Crippen molar-refractivity contribution in [2.24, 2.45) is 0 Å². The van der Waals surface area contributed by atoms with Crippen molar-refractivity contribution < 1.29 is 9.18 Å². The number of carbonyl (C=O) groups excluding carboxylic acids is 1. The van der Waals surface area contributed by atoms with Crippen LogP contribution >= 0.6 is 27.5 Å². The van der Waals surface area contributed by atoms with Crippen LogP contribution in [0.4, 0.5) is 4.39 Å². The number of hydrogen-bond acceptors (Lipinski definition) is 1. The molecule has 4 heteroatoms. The molecule has 2 aromatic carbocycles. The second-order valence-corrected chi connectivity index (χ2v) is 5.26. The molecule has 0 saturated carbocycles. The summed E-state index contributed by atoms with van der Waals surface area (Å²) in [5.74, 6) is -0.941. The van der Waals surface area contributed by atoms with Crippen molar-refractivity contribution in [3.63, 3.8) is 0 Å². The number of benzene rings is 2. The van der Waals surface area contributed by atoms with Crippen LogP contribution in [-0.2, 0) is 0 Å². The van der Waals surface area contributed by atoms with Gasteiger partial charge in [-0.3, -0.25) is 4.79 Å². The van der Waals surface area contributed by atoms with Crippen LogP contribution in [0.3, 0.4) is 0 Å². The summed E-state index contributed by atoms with van der Waals surface area (Å²) in [4.78, 5) is 12.2. The van der Waals surface area contributed by atoms with Gasteiger partial charge in [-0.05, 0) is 48.9 Å². The van der Waals surface area contributed by atoms with Gasteiger partial charge < -0.3 is 0 Å². The highest BCUT2D eigenvalue weighted by molar-refractivity contribution is 9.10. The maximum Gasteiger partial charge on any atom is 0.196 e. The Bertz CT molecular complexity index is 572. The van der Waals surface area contributed by atoms with Gasteiger partial charge in [0.1, 0.15) is 5.82 Å². The molecule has 0 aliphatic heterocycles. The average molecular weight is 328 g/mol. The van der Waals surface area contributed by atoms with E-state index in [1.165, 1.54) is 12.1 Å². The summed E-state index contributed by atoms with van der Waals surface area (Å²) in [6, 6.07) is 9.31. The van der Waals surface area contributed by atoms with Crippen molar-refractivity contribution in [1.82, 2.24) is 0 Å². The highest BCUT2D eigenvalue weighted by Crippen LogP contribution is 2.22. The molecule has 1 nitrogen and oxygen atoms in total. The summed E-state index contributed by atoms with van der Waals surface area (Å²) in [6.07, 6.45) is 0. The van der Waals surface area contributed by atoms with Gasteiger partial charge in [0, 0.05) is 15.1 Å². The first-order valence-corrected chi connectivity index (χ1v) is 6.42. The smallest absolute Gasteiger partial charge is 0.196 e. The molecule has 92 valence electrons. The highest BCUT2D eigenvalue weighted by Gasteiger charge is 2.16. The zero-order valence-corrected chi connectivity index (χ0v) is 11.8. The topological polar surface area (TPSA) is 17.1 Å². The van der Waals surface area contributed by atoms with Crippen molar-refractivity contribution in [1.29, 1.82) is 0 Å². The Morgan fingerprint density at radius 2 is 1.83 bits per heavy atom. The number of carbonyl (C=O) groups is 1. The Hall–Kier alpha value is -1.19. The third-order valence-corrected chi connectivity index (χ3v) is 3.34. The van der Waals surface area contributed by atoms with Gasteiger partial charge in [0.25, 0.3) is 0 Å². The van der Waals surface area contributed by atoms with Crippen LogP contribution in [0.5, 0.6) is 0 Å². The van der Waals surface area contributed by atoms with E-state index in [0.29, 0.717) is 5.56 Å². The molecule has 0 aromatic heterocycles. The SMILES string of the molecule is Cc1cc(Br)ccc1C(=O)c1ccc(Cl)cc1F. The van der Waals surface area contributed by atoms with E-state index in [4.69, 9.17) is 11.6 Å². The molecule has 0 heterocycles. The number of halogens is 3. The first-order chi connectivity index (χ1) is 8.49. The molecular formula is C14H9BrClFO. The predicted octanol–water partition coefficient (Wildman–Crippen LogP) is 4.78. The molecule has 2 rings (SSSR count). The summed E-state index contributed by atoms with van der Waals surface area (Å²) in [6.45, 7) is 1.81. The van der Waals surface area contributed by atoms with Gasteiger partial charge in [-0.1, -0.05) is 27.5 Å². The Morgan fingerprint density at radius 1 is 1.17 bits per heavy atom. The van der Waals surface area contributed by atoms with E-state index in [-0.39, 0.29) is 16.4 Å². The lowest BCUT2D eigenvalue weighted by molar-refractivity contribution is 0.103. The van der Waals surface area contributed by atoms with Gasteiger partial charge in [0.2, 0.25) is 0 Å². The van der Waals surface area contributed by atoms with Gasteiger partial charge in [-0.25, -0.2) is 4.39 Å². The molecule has 0 bridgehead atoms. The molecule has 18 heavy (non-hydrogen) atoms. The van der Waals surface area contributed by atoms with Crippen LogP contribution in [0, 0.1) is 12.7 Å². The summed E-state index contributed by atoms with van der Waals surface area (Å²) in [7, 11) is 0. The first kappa shape index (κ1) is 13.2. The summed E-state index contributed by atoms with van der Waals surface area (Å²) in [5.41, 5.74) is 1.31. The lowest BCUT2D eigenvalue weighted by atomic mass is 9.99. The lowest BCUT2D eigenvalue weighted by Gasteiger charge is -2.06. The molecule has 0 radical (unpaired) electrons. The van der Waals surface area contributed by atoms with Gasteiger partial charge in [0.15, 0.2) is 5.78 Å². The Morgan fingerprint density at radius 3 is 2.44 bits per heavy atom. The van der Waals surface area contributed by atoms with E-state index in [1.54, 1.807) is 12.1 Å². The monoisotopic (exact) mass is 326 g/mol. The molecule has 0 aliphatic rings. The van der Waals surface area contributed by atoms with Gasteiger partial charge in [0.05, 0.1) is 5.56 Å². The maximum absolute atomic E-state index is 13.7. The van der Waals surface area contributed by atoms with E-state index >= 15 is 0 Å². The van der Waals surface area contributed by atoms with Crippen molar-refractivity contribution in [3.05, 3.63) is 68.4 Å². The fourth-order valence-corrected chi connectivity index (χ4v) is 2.33. The Kier molecular flexibility index (Phi) is 3.83. The lowest BCUT2D eigenvalue weighted by Crippen LogP contribution is -2.06. The van der Waals surface area contributed by atoms with E-state index in [0.717, 1.165) is 16.1 Å². The number of rotatable bonds is 2. The zero-order chi connectivity index (χ0) is 13.3. The summed E-state index contributed by atoms with van der Waals surface area (Å²) in [5, 5.41) is 0.275. The third-order valence-electron chi connectivity index (χ3n) is 2.61. The minimum absolute atomic E-state index is 0.0322. The molecule has 2 aromatic rings. The van der Waals surface area contributed by atoms with E-state index < -0.39 is 5.82 Å². The van der Waals surface area contributed by atoms with Crippen LogP contribution < -0.4 is 0 Å². The minimum Gasteiger partial charge on any atom is -0.288 e. The molecule has 0 amide bonds. The van der Waals surface area contributed by atoms with Crippen LogP contribution in [0.1, 0.15) is 21.5 Å². The molecule has 0 aliphatic carbocycles. The summed E-state index contributed by atoms with van der Waals surface area (Å²) < 4.78 is 14.6. The van der Waals surface area contributed by atoms with E-state index in [2.05, 4.69) is 15.9 Å². The molecule has 0 atom stereocenters. The largest absolute Gasteiger partial charge is 0.288 e. The second-order valence-electron chi connectivity index (χ2n) is 3.91. The highest BCUT2D eigenvalue weighted by atomic mass is 79.9. The van der Waals surface area contributed by atoms with Crippen molar-refractivity contribution >= 4 is 33.3 Å². The molecule has 0 unspecified atom stereocenters. The van der Waals surface area contributed by atoms with Crippen LogP contribution in [-0.4, -0.2) is 5.78 Å². The second kappa shape index (κ2) is 5.21. The van der Waals surface area contributed by atoms with E-state index in [1.807, 2.05) is 13.0 Å². The fraction of sp³-hybridized carbons (Fsp3) is 0.0714. The van der Waals surface area contributed by atoms with Crippen molar-refractivity contribution in [2.45, 2.75) is 6.92 Å². The first-order valence-electron chi connectivity index (χ1n) is 5.25. The standard InChI is InChI=1S/C14H9BrClFO/c1-8-6-9(15)2-4-11(8)14(18)12-5-3-10(16)7-13(12)17/h2-7H,1H3. The number of ketones is 1. The third kappa shape index (κ3) is 2.62. The van der Waals surface area contributed by atoms with Gasteiger partial charge >= 0.3 is 0 Å². The summed E-state index contributed by atoms with van der Waals surface area (Å²) >= 11 is 8.99.